The van der Waals surface area contributed by atoms with Crippen LogP contribution in [0.3, 0.4) is 0 Å². The molecule has 0 bridgehead atoms. The maximum Gasteiger partial charge on any atom is 0.325 e. The summed E-state index contributed by atoms with van der Waals surface area (Å²) in [4.78, 5) is 60.0. The van der Waals surface area contributed by atoms with Crippen molar-refractivity contribution in [2.75, 3.05) is 24.6 Å². The van der Waals surface area contributed by atoms with Crippen LogP contribution in [0.5, 0.6) is 0 Å². The molecule has 1 aromatic rings. The number of anilines is 1. The van der Waals surface area contributed by atoms with E-state index in [1.54, 1.807) is 43.0 Å². The molecule has 0 aliphatic carbocycles. The lowest BCUT2D eigenvalue weighted by atomic mass is 10.2. The molecule has 0 saturated carbocycles. The number of nitrogens with one attached hydrogen (secondary N) is 3. The van der Waals surface area contributed by atoms with Gasteiger partial charge in [-0.25, -0.2) is 4.79 Å². The Bertz CT molecular complexity index is 790. The van der Waals surface area contributed by atoms with Crippen LogP contribution in [0.15, 0.2) is 24.3 Å². The number of hydrogen-bond acceptors (Lipinski definition) is 6. The predicted molar refractivity (Wildman–Crippen MR) is 103 cm³/mol. The molecular formula is C19H24N4O6. The number of benzene rings is 1. The molecule has 1 aliphatic heterocycles. The van der Waals surface area contributed by atoms with E-state index in [-0.39, 0.29) is 11.9 Å². The summed E-state index contributed by atoms with van der Waals surface area (Å²) >= 11 is 0. The number of carbonyl (C=O) groups excluding carboxylic acids is 5. The first-order chi connectivity index (χ1) is 13.8. The van der Waals surface area contributed by atoms with E-state index in [4.69, 9.17) is 4.74 Å². The zero-order valence-corrected chi connectivity index (χ0v) is 16.3. The molecule has 0 atom stereocenters. The van der Waals surface area contributed by atoms with Crippen molar-refractivity contribution in [3.63, 3.8) is 0 Å². The average molecular weight is 404 g/mol. The Balaban J connectivity index is 1.72. The molecule has 10 heteroatoms. The summed E-state index contributed by atoms with van der Waals surface area (Å²) in [6.07, 6.45) is 1.33. The summed E-state index contributed by atoms with van der Waals surface area (Å²) in [5.41, 5.74) is 1.03. The second-order valence-electron chi connectivity index (χ2n) is 6.72. The number of imide groups is 1. The molecule has 2 rings (SSSR count). The highest BCUT2D eigenvalue weighted by atomic mass is 16.5. The first-order valence-electron chi connectivity index (χ1n) is 9.21. The Labute approximate surface area is 168 Å². The fourth-order valence-electron chi connectivity index (χ4n) is 2.63. The van der Waals surface area contributed by atoms with Crippen LogP contribution >= 0.6 is 0 Å². The SMILES string of the molecule is CC(C)NC(=O)NC(=O)COC(=O)CNC(=O)c1ccc(N2CCCC2=O)cc1. The zero-order chi connectivity index (χ0) is 21.4. The van der Waals surface area contributed by atoms with Gasteiger partial charge in [-0.2, -0.15) is 0 Å². The number of esters is 1. The van der Waals surface area contributed by atoms with Gasteiger partial charge < -0.3 is 20.3 Å². The fourth-order valence-corrected chi connectivity index (χ4v) is 2.63. The summed E-state index contributed by atoms with van der Waals surface area (Å²) in [5.74, 6) is -2.05. The maximum absolute atomic E-state index is 12.1. The second kappa shape index (κ2) is 10.2. The minimum atomic E-state index is -0.822. The topological polar surface area (TPSA) is 134 Å². The summed E-state index contributed by atoms with van der Waals surface area (Å²) < 4.78 is 4.70. The number of hydrogen-bond donors (Lipinski definition) is 3. The lowest BCUT2D eigenvalue weighted by Crippen LogP contribution is -2.44. The van der Waals surface area contributed by atoms with Crippen LogP contribution in [0.1, 0.15) is 37.0 Å². The Morgan fingerprint density at radius 2 is 1.83 bits per heavy atom. The smallest absolute Gasteiger partial charge is 0.325 e. The average Bonchev–Trinajstić information content (AvgIpc) is 3.09. The van der Waals surface area contributed by atoms with Crippen LogP contribution in [0.4, 0.5) is 10.5 Å². The lowest BCUT2D eigenvalue weighted by Gasteiger charge is -2.15. The highest BCUT2D eigenvalue weighted by molar-refractivity contribution is 5.99. The minimum absolute atomic E-state index is 0.0515. The normalized spacial score (nSPS) is 13.2. The molecule has 0 aromatic heterocycles. The van der Waals surface area contributed by atoms with Gasteiger partial charge >= 0.3 is 12.0 Å². The molecule has 0 spiro atoms. The standard InChI is InChI=1S/C19H24N4O6/c1-12(2)21-19(28)22-15(24)11-29-17(26)10-20-18(27)13-5-7-14(8-6-13)23-9-3-4-16(23)25/h5-8,12H,3-4,9-11H2,1-2H3,(H,20,27)(H2,21,22,24,28). The van der Waals surface area contributed by atoms with Crippen LogP contribution < -0.4 is 20.9 Å². The lowest BCUT2D eigenvalue weighted by molar-refractivity contribution is -0.147. The molecule has 1 aromatic carbocycles. The van der Waals surface area contributed by atoms with Crippen molar-refractivity contribution in [3.05, 3.63) is 29.8 Å². The predicted octanol–water partition coefficient (Wildman–Crippen LogP) is 0.321. The highest BCUT2D eigenvalue weighted by Crippen LogP contribution is 2.21. The fraction of sp³-hybridized carbons (Fsp3) is 0.421. The molecule has 1 saturated heterocycles. The van der Waals surface area contributed by atoms with Crippen molar-refractivity contribution < 1.29 is 28.7 Å². The molecule has 0 unspecified atom stereocenters. The van der Waals surface area contributed by atoms with Gasteiger partial charge in [0.1, 0.15) is 6.54 Å². The maximum atomic E-state index is 12.1. The Hall–Kier alpha value is -3.43. The van der Waals surface area contributed by atoms with E-state index in [0.717, 1.165) is 12.1 Å². The van der Waals surface area contributed by atoms with E-state index in [1.807, 2.05) is 5.32 Å². The minimum Gasteiger partial charge on any atom is -0.454 e. The Morgan fingerprint density at radius 1 is 1.14 bits per heavy atom. The van der Waals surface area contributed by atoms with Crippen molar-refractivity contribution >= 4 is 35.4 Å². The van der Waals surface area contributed by atoms with Gasteiger partial charge in [-0.1, -0.05) is 0 Å². The molecule has 1 fully saturated rings. The molecule has 10 nitrogen and oxygen atoms in total. The van der Waals surface area contributed by atoms with Crippen molar-refractivity contribution in [1.29, 1.82) is 0 Å². The van der Waals surface area contributed by atoms with E-state index in [1.165, 1.54) is 0 Å². The summed E-state index contributed by atoms with van der Waals surface area (Å²) in [7, 11) is 0. The summed E-state index contributed by atoms with van der Waals surface area (Å²) in [6.45, 7) is 3.04. The third-order valence-electron chi connectivity index (χ3n) is 3.94. The third-order valence-corrected chi connectivity index (χ3v) is 3.94. The molecule has 3 N–H and O–H groups in total. The molecule has 0 radical (unpaired) electrons. The zero-order valence-electron chi connectivity index (χ0n) is 16.3. The van der Waals surface area contributed by atoms with Gasteiger partial charge in [0.15, 0.2) is 6.61 Å². The van der Waals surface area contributed by atoms with Crippen LogP contribution in [0, 0.1) is 0 Å². The van der Waals surface area contributed by atoms with Gasteiger partial charge in [-0.3, -0.25) is 24.5 Å². The van der Waals surface area contributed by atoms with Gasteiger partial charge in [0, 0.05) is 30.3 Å². The molecular weight excluding hydrogens is 380 g/mol. The van der Waals surface area contributed by atoms with Crippen molar-refractivity contribution in [1.82, 2.24) is 16.0 Å². The number of carbonyl (C=O) groups is 5. The summed E-state index contributed by atoms with van der Waals surface area (Å²) in [5, 5.41) is 6.84. The van der Waals surface area contributed by atoms with E-state index < -0.39 is 37.0 Å². The number of rotatable bonds is 7. The van der Waals surface area contributed by atoms with Crippen LogP contribution in [-0.2, 0) is 19.1 Å². The van der Waals surface area contributed by atoms with Crippen molar-refractivity contribution in [2.24, 2.45) is 0 Å². The monoisotopic (exact) mass is 404 g/mol. The molecule has 1 aliphatic rings. The van der Waals surface area contributed by atoms with E-state index in [2.05, 4.69) is 10.6 Å². The number of amides is 5. The van der Waals surface area contributed by atoms with Crippen molar-refractivity contribution in [3.8, 4) is 0 Å². The third kappa shape index (κ3) is 6.91. The van der Waals surface area contributed by atoms with Crippen LogP contribution in [0.25, 0.3) is 0 Å². The van der Waals surface area contributed by atoms with Crippen LogP contribution in [0.2, 0.25) is 0 Å². The molecule has 1 heterocycles. The van der Waals surface area contributed by atoms with Gasteiger partial charge in [0.2, 0.25) is 5.91 Å². The van der Waals surface area contributed by atoms with E-state index in [9.17, 15) is 24.0 Å². The first-order valence-corrected chi connectivity index (χ1v) is 9.21. The highest BCUT2D eigenvalue weighted by Gasteiger charge is 2.21. The Morgan fingerprint density at radius 3 is 2.41 bits per heavy atom. The Kier molecular flexibility index (Phi) is 7.70. The second-order valence-corrected chi connectivity index (χ2v) is 6.72. The summed E-state index contributed by atoms with van der Waals surface area (Å²) in [6, 6.07) is 5.62. The van der Waals surface area contributed by atoms with Gasteiger partial charge in [0.05, 0.1) is 0 Å². The van der Waals surface area contributed by atoms with Gasteiger partial charge in [0.25, 0.3) is 11.8 Å². The van der Waals surface area contributed by atoms with E-state index in [0.29, 0.717) is 18.5 Å². The molecule has 156 valence electrons. The number of nitrogens with zero attached hydrogens (tertiary/aromatic N) is 1. The van der Waals surface area contributed by atoms with Crippen molar-refractivity contribution in [2.45, 2.75) is 32.7 Å². The van der Waals surface area contributed by atoms with Gasteiger partial charge in [-0.05, 0) is 44.5 Å². The van der Waals surface area contributed by atoms with Gasteiger partial charge in [-0.15, -0.1) is 0 Å². The quantitative estimate of drug-likeness (QED) is 0.561. The first kappa shape index (κ1) is 21.9. The molecule has 5 amide bonds. The number of ether oxygens (including phenoxy) is 1. The number of urea groups is 1. The largest absolute Gasteiger partial charge is 0.454 e. The molecule has 29 heavy (non-hydrogen) atoms. The van der Waals surface area contributed by atoms with E-state index >= 15 is 0 Å². The van der Waals surface area contributed by atoms with Crippen LogP contribution in [-0.4, -0.2) is 55.5 Å².